The van der Waals surface area contributed by atoms with Crippen LogP contribution in [0.4, 0.5) is 0 Å². The monoisotopic (exact) mass is 461 g/mol. The fraction of sp³-hybridized carbons (Fsp3) is 0.0909. The maximum absolute atomic E-state index is 9.63. The van der Waals surface area contributed by atoms with E-state index in [9.17, 15) is 5.26 Å². The Kier molecular flexibility index (Phi) is 4.25. The minimum absolute atomic E-state index is 0.0993. The smallest absolute Gasteiger partial charge is 0.101 e. The van der Waals surface area contributed by atoms with Crippen molar-refractivity contribution in [2.45, 2.75) is 19.3 Å². The van der Waals surface area contributed by atoms with Crippen molar-refractivity contribution in [3.63, 3.8) is 0 Å². The highest BCUT2D eigenvalue weighted by Gasteiger charge is 2.37. The number of fused-ring (bicyclic) bond motifs is 7. The molecule has 3 nitrogen and oxygen atoms in total. The molecular weight excluding hydrogens is 438 g/mol. The third-order valence-electron chi connectivity index (χ3n) is 7.66. The molecule has 0 unspecified atom stereocenters. The highest BCUT2D eigenvalue weighted by molar-refractivity contribution is 6.14. The van der Waals surface area contributed by atoms with Crippen molar-refractivity contribution in [2.75, 3.05) is 0 Å². The van der Waals surface area contributed by atoms with Crippen LogP contribution >= 0.6 is 0 Å². The van der Waals surface area contributed by atoms with E-state index in [1.807, 2.05) is 18.2 Å². The van der Waals surface area contributed by atoms with Gasteiger partial charge in [-0.2, -0.15) is 5.26 Å². The standard InChI is InChI=1S/C33H23N3/c1-33(2)27-14-5-3-12-24(27)25-16-17-29-30(31(25)33)26-13-4-6-15-28(26)36(29)23-11-7-9-21(19-23)32-22(20-34)10-8-18-35-32/h3-19H,1-2H3. The normalized spacial score (nSPS) is 13.5. The fourth-order valence-corrected chi connectivity index (χ4v) is 6.13. The van der Waals surface area contributed by atoms with E-state index in [0.29, 0.717) is 11.3 Å². The van der Waals surface area contributed by atoms with Crippen LogP contribution < -0.4 is 0 Å². The fourth-order valence-electron chi connectivity index (χ4n) is 6.13. The molecule has 36 heavy (non-hydrogen) atoms. The highest BCUT2D eigenvalue weighted by atomic mass is 15.0. The molecule has 0 N–H and O–H groups in total. The van der Waals surface area contributed by atoms with Gasteiger partial charge in [-0.25, -0.2) is 0 Å². The van der Waals surface area contributed by atoms with Crippen molar-refractivity contribution in [1.82, 2.24) is 9.55 Å². The van der Waals surface area contributed by atoms with Gasteiger partial charge in [0, 0.05) is 33.6 Å². The van der Waals surface area contributed by atoms with E-state index in [2.05, 4.69) is 102 Å². The molecule has 0 fully saturated rings. The van der Waals surface area contributed by atoms with Crippen LogP contribution in [0.2, 0.25) is 0 Å². The minimum atomic E-state index is -0.0993. The molecule has 4 aromatic carbocycles. The van der Waals surface area contributed by atoms with Crippen molar-refractivity contribution in [3.8, 4) is 34.1 Å². The molecule has 0 saturated heterocycles. The van der Waals surface area contributed by atoms with Crippen LogP contribution in [0, 0.1) is 11.3 Å². The molecule has 170 valence electrons. The molecule has 0 radical (unpaired) electrons. The zero-order valence-corrected chi connectivity index (χ0v) is 20.2. The summed E-state index contributed by atoms with van der Waals surface area (Å²) in [5.41, 5.74) is 11.0. The first kappa shape index (κ1) is 20.7. The lowest BCUT2D eigenvalue weighted by atomic mass is 9.80. The zero-order chi connectivity index (χ0) is 24.4. The lowest BCUT2D eigenvalue weighted by Gasteiger charge is -2.22. The van der Waals surface area contributed by atoms with Crippen LogP contribution in [-0.4, -0.2) is 9.55 Å². The Morgan fingerprint density at radius 3 is 2.50 bits per heavy atom. The average molecular weight is 462 g/mol. The number of rotatable bonds is 2. The Hall–Kier alpha value is -4.68. The van der Waals surface area contributed by atoms with Crippen molar-refractivity contribution >= 4 is 21.8 Å². The van der Waals surface area contributed by atoms with Gasteiger partial charge in [-0.05, 0) is 58.7 Å². The average Bonchev–Trinajstić information content (AvgIpc) is 3.38. The van der Waals surface area contributed by atoms with Gasteiger partial charge in [0.2, 0.25) is 0 Å². The van der Waals surface area contributed by atoms with Gasteiger partial charge in [0.05, 0.1) is 22.3 Å². The van der Waals surface area contributed by atoms with Gasteiger partial charge < -0.3 is 4.57 Å². The number of hydrogen-bond acceptors (Lipinski definition) is 2. The number of benzene rings is 4. The van der Waals surface area contributed by atoms with Gasteiger partial charge in [-0.3, -0.25) is 4.98 Å². The molecule has 6 aromatic rings. The Balaban J connectivity index is 1.55. The van der Waals surface area contributed by atoms with E-state index in [-0.39, 0.29) is 5.41 Å². The summed E-state index contributed by atoms with van der Waals surface area (Å²) in [5.74, 6) is 0. The first-order valence-corrected chi connectivity index (χ1v) is 12.2. The molecule has 1 aliphatic carbocycles. The lowest BCUT2D eigenvalue weighted by molar-refractivity contribution is 0.666. The minimum Gasteiger partial charge on any atom is -0.309 e. The van der Waals surface area contributed by atoms with Gasteiger partial charge in [0.15, 0.2) is 0 Å². The van der Waals surface area contributed by atoms with Crippen LogP contribution in [0.5, 0.6) is 0 Å². The highest BCUT2D eigenvalue weighted by Crippen LogP contribution is 2.53. The van der Waals surface area contributed by atoms with Gasteiger partial charge in [-0.15, -0.1) is 0 Å². The molecule has 0 spiro atoms. The maximum atomic E-state index is 9.63. The molecule has 0 amide bonds. The second-order valence-electron chi connectivity index (χ2n) is 9.97. The van der Waals surface area contributed by atoms with Crippen molar-refractivity contribution < 1.29 is 0 Å². The summed E-state index contributed by atoms with van der Waals surface area (Å²) in [4.78, 5) is 4.52. The van der Waals surface area contributed by atoms with Crippen LogP contribution in [0.1, 0.15) is 30.5 Å². The summed E-state index contributed by atoms with van der Waals surface area (Å²) in [6.07, 6.45) is 1.74. The zero-order valence-electron chi connectivity index (χ0n) is 20.2. The van der Waals surface area contributed by atoms with E-state index in [4.69, 9.17) is 0 Å². The Morgan fingerprint density at radius 2 is 1.61 bits per heavy atom. The number of pyridine rings is 1. The molecule has 0 bridgehead atoms. The largest absolute Gasteiger partial charge is 0.309 e. The Bertz CT molecular complexity index is 1880. The number of hydrogen-bond donors (Lipinski definition) is 0. The summed E-state index contributed by atoms with van der Waals surface area (Å²) in [6.45, 7) is 4.68. The summed E-state index contributed by atoms with van der Waals surface area (Å²) in [7, 11) is 0. The summed E-state index contributed by atoms with van der Waals surface area (Å²) in [6, 6.07) is 36.3. The summed E-state index contributed by atoms with van der Waals surface area (Å²) in [5, 5.41) is 12.2. The Labute approximate surface area is 209 Å². The third-order valence-corrected chi connectivity index (χ3v) is 7.66. The van der Waals surface area contributed by atoms with E-state index in [0.717, 1.165) is 11.3 Å². The van der Waals surface area contributed by atoms with Crippen molar-refractivity contribution in [1.29, 1.82) is 5.26 Å². The summed E-state index contributed by atoms with van der Waals surface area (Å²) >= 11 is 0. The van der Waals surface area contributed by atoms with Gasteiger partial charge in [0.25, 0.3) is 0 Å². The number of nitriles is 1. The Morgan fingerprint density at radius 1 is 0.778 bits per heavy atom. The second-order valence-corrected chi connectivity index (χ2v) is 9.97. The molecule has 2 aromatic heterocycles. The number of aromatic nitrogens is 2. The molecule has 1 aliphatic rings. The molecule has 3 heteroatoms. The van der Waals surface area contributed by atoms with Crippen LogP contribution in [0.25, 0.3) is 49.9 Å². The first-order chi connectivity index (χ1) is 17.6. The van der Waals surface area contributed by atoms with Crippen molar-refractivity contribution in [2.24, 2.45) is 0 Å². The molecule has 7 rings (SSSR count). The van der Waals surface area contributed by atoms with E-state index < -0.39 is 0 Å². The van der Waals surface area contributed by atoms with Gasteiger partial charge in [0.1, 0.15) is 6.07 Å². The van der Waals surface area contributed by atoms with E-state index in [1.54, 1.807) is 12.3 Å². The van der Waals surface area contributed by atoms with E-state index >= 15 is 0 Å². The third kappa shape index (κ3) is 2.70. The molecule has 0 saturated carbocycles. The molecule has 0 aliphatic heterocycles. The topological polar surface area (TPSA) is 41.6 Å². The van der Waals surface area contributed by atoms with Crippen LogP contribution in [0.15, 0.2) is 103 Å². The van der Waals surface area contributed by atoms with Crippen LogP contribution in [0.3, 0.4) is 0 Å². The quantitative estimate of drug-likeness (QED) is 0.262. The predicted octanol–water partition coefficient (Wildman–Crippen LogP) is 8.02. The first-order valence-electron chi connectivity index (χ1n) is 12.2. The predicted molar refractivity (Wildman–Crippen MR) is 146 cm³/mol. The maximum Gasteiger partial charge on any atom is 0.101 e. The van der Waals surface area contributed by atoms with Crippen molar-refractivity contribution in [3.05, 3.63) is 120 Å². The number of para-hydroxylation sites is 1. The van der Waals surface area contributed by atoms with Gasteiger partial charge >= 0.3 is 0 Å². The van der Waals surface area contributed by atoms with Gasteiger partial charge in [-0.1, -0.05) is 74.5 Å². The second kappa shape index (κ2) is 7.41. The summed E-state index contributed by atoms with van der Waals surface area (Å²) < 4.78 is 2.35. The van der Waals surface area contributed by atoms with E-state index in [1.165, 1.54) is 44.1 Å². The van der Waals surface area contributed by atoms with Crippen LogP contribution in [-0.2, 0) is 5.41 Å². The molecule has 2 heterocycles. The number of nitrogens with zero attached hydrogens (tertiary/aromatic N) is 3. The SMILES string of the molecule is CC1(C)c2ccccc2-c2ccc3c(c21)c1ccccc1n3-c1cccc(-c2ncccc2C#N)c1. The molecule has 0 atom stereocenters. The lowest BCUT2D eigenvalue weighted by Crippen LogP contribution is -2.15. The molecular formula is C33H23N3.